The summed E-state index contributed by atoms with van der Waals surface area (Å²) in [6, 6.07) is 5.02. The quantitative estimate of drug-likeness (QED) is 0.668. The third-order valence-corrected chi connectivity index (χ3v) is 5.23. The molecule has 0 unspecified atom stereocenters. The Morgan fingerprint density at radius 2 is 1.87 bits per heavy atom. The maximum absolute atomic E-state index is 13.0. The van der Waals surface area contributed by atoms with Crippen LogP contribution in [-0.2, 0) is 4.79 Å². The molecule has 0 bridgehead atoms. The van der Waals surface area contributed by atoms with Crippen LogP contribution in [0.1, 0.15) is 40.8 Å². The third-order valence-electron chi connectivity index (χ3n) is 5.23. The number of amides is 2. The number of aromatic nitrogens is 2. The molecule has 2 amide bonds. The molecule has 1 fully saturated rings. The molecule has 0 aliphatic carbocycles. The van der Waals surface area contributed by atoms with Crippen LogP contribution in [0.15, 0.2) is 24.4 Å². The molecule has 9 nitrogen and oxygen atoms in total. The minimum absolute atomic E-state index is 0.150. The summed E-state index contributed by atoms with van der Waals surface area (Å²) in [5, 5.41) is 0. The topological polar surface area (TPSA) is 94.1 Å². The van der Waals surface area contributed by atoms with Crippen molar-refractivity contribution in [2.24, 2.45) is 0 Å². The molecular weight excluding hydrogens is 400 g/mol. The lowest BCUT2D eigenvalue weighted by molar-refractivity contribution is -0.134. The summed E-state index contributed by atoms with van der Waals surface area (Å²) in [6.45, 7) is 2.21. The Hall–Kier alpha value is -3.36. The van der Waals surface area contributed by atoms with Crippen LogP contribution in [0.25, 0.3) is 0 Å². The molecule has 1 aliphatic heterocycles. The molecule has 0 radical (unpaired) electrons. The highest BCUT2D eigenvalue weighted by molar-refractivity contribution is 5.94. The van der Waals surface area contributed by atoms with Crippen molar-refractivity contribution in [2.45, 2.75) is 25.8 Å². The summed E-state index contributed by atoms with van der Waals surface area (Å²) < 4.78 is 16.4. The maximum atomic E-state index is 13.0. The third kappa shape index (κ3) is 4.70. The van der Waals surface area contributed by atoms with Gasteiger partial charge in [-0.1, -0.05) is 6.07 Å². The van der Waals surface area contributed by atoms with Crippen molar-refractivity contribution in [3.8, 4) is 17.2 Å². The first-order valence-electron chi connectivity index (χ1n) is 10.1. The number of carbonyl (C=O) groups excluding carboxylic acids is 2. The maximum Gasteiger partial charge on any atom is 0.261 e. The van der Waals surface area contributed by atoms with Gasteiger partial charge in [-0.05, 0) is 31.9 Å². The van der Waals surface area contributed by atoms with E-state index in [0.29, 0.717) is 40.9 Å². The van der Waals surface area contributed by atoms with Crippen molar-refractivity contribution < 1.29 is 23.8 Å². The van der Waals surface area contributed by atoms with E-state index < -0.39 is 0 Å². The summed E-state index contributed by atoms with van der Waals surface area (Å²) in [7, 11) is 6.43. The molecule has 3 rings (SSSR count). The Kier molecular flexibility index (Phi) is 6.94. The smallest absolute Gasteiger partial charge is 0.261 e. The lowest BCUT2D eigenvalue weighted by atomic mass is 10.1. The molecule has 0 saturated carbocycles. The Labute approximate surface area is 181 Å². The van der Waals surface area contributed by atoms with Crippen LogP contribution in [0, 0.1) is 6.92 Å². The van der Waals surface area contributed by atoms with E-state index in [9.17, 15) is 9.59 Å². The number of benzene rings is 1. The van der Waals surface area contributed by atoms with Gasteiger partial charge in [0.2, 0.25) is 5.75 Å². The van der Waals surface area contributed by atoms with E-state index in [4.69, 9.17) is 14.2 Å². The summed E-state index contributed by atoms with van der Waals surface area (Å²) in [5.41, 5.74) is 1.05. The van der Waals surface area contributed by atoms with E-state index in [1.807, 2.05) is 0 Å². The van der Waals surface area contributed by atoms with E-state index in [2.05, 4.69) is 9.97 Å². The number of likely N-dealkylation sites (tertiary alicyclic amines) is 1. The highest BCUT2D eigenvalue weighted by atomic mass is 16.5. The van der Waals surface area contributed by atoms with Gasteiger partial charge in [-0.2, -0.15) is 0 Å². The molecule has 0 N–H and O–H groups in total. The fourth-order valence-electron chi connectivity index (χ4n) is 3.61. The summed E-state index contributed by atoms with van der Waals surface area (Å²) in [4.78, 5) is 37.3. The summed E-state index contributed by atoms with van der Waals surface area (Å²) >= 11 is 0. The zero-order chi connectivity index (χ0) is 22.5. The van der Waals surface area contributed by atoms with Gasteiger partial charge < -0.3 is 24.0 Å². The second-order valence-corrected chi connectivity index (χ2v) is 7.45. The standard InChI is InChI=1S/C22H28N4O5/c1-14-15(22(28)25(2)3)12-23-21(24-14)16-8-7-11-26(16)19(27)13-31-20-17(29-4)9-6-10-18(20)30-5/h6,9-10,12,16H,7-8,11,13H2,1-5H3/t16-/m0/s1. The average Bonchev–Trinajstić information content (AvgIpc) is 3.26. The van der Waals surface area contributed by atoms with Gasteiger partial charge in [-0.25, -0.2) is 9.97 Å². The van der Waals surface area contributed by atoms with Gasteiger partial charge in [0, 0.05) is 26.8 Å². The number of aryl methyl sites for hydroxylation is 1. The molecule has 1 saturated heterocycles. The van der Waals surface area contributed by atoms with Crippen molar-refractivity contribution in [1.82, 2.24) is 19.8 Å². The first-order chi connectivity index (χ1) is 14.9. The number of hydrogen-bond acceptors (Lipinski definition) is 7. The molecule has 0 spiro atoms. The number of ether oxygens (including phenoxy) is 3. The first kappa shape index (κ1) is 22.3. The number of para-hydroxylation sites is 1. The highest BCUT2D eigenvalue weighted by Gasteiger charge is 2.33. The molecule has 9 heteroatoms. The van der Waals surface area contributed by atoms with Gasteiger partial charge >= 0.3 is 0 Å². The fourth-order valence-corrected chi connectivity index (χ4v) is 3.61. The van der Waals surface area contributed by atoms with Crippen molar-refractivity contribution >= 4 is 11.8 Å². The van der Waals surface area contributed by atoms with Gasteiger partial charge in [0.1, 0.15) is 0 Å². The second kappa shape index (κ2) is 9.63. The monoisotopic (exact) mass is 428 g/mol. The van der Waals surface area contributed by atoms with E-state index in [0.717, 1.165) is 12.8 Å². The number of hydrogen-bond donors (Lipinski definition) is 0. The number of carbonyl (C=O) groups is 2. The van der Waals surface area contributed by atoms with E-state index in [1.165, 1.54) is 25.3 Å². The Bertz CT molecular complexity index is 941. The van der Waals surface area contributed by atoms with Crippen LogP contribution in [0.2, 0.25) is 0 Å². The normalized spacial score (nSPS) is 15.5. The lowest BCUT2D eigenvalue weighted by Crippen LogP contribution is -2.35. The Balaban J connectivity index is 1.75. The Morgan fingerprint density at radius 3 is 2.45 bits per heavy atom. The van der Waals surface area contributed by atoms with Crippen molar-refractivity contribution in [3.63, 3.8) is 0 Å². The van der Waals surface area contributed by atoms with Gasteiger partial charge in [0.05, 0.1) is 31.5 Å². The predicted octanol–water partition coefficient (Wildman–Crippen LogP) is 2.25. The largest absolute Gasteiger partial charge is 0.493 e. The molecule has 31 heavy (non-hydrogen) atoms. The van der Waals surface area contributed by atoms with Crippen molar-refractivity contribution in [1.29, 1.82) is 0 Å². The van der Waals surface area contributed by atoms with Gasteiger partial charge in [-0.3, -0.25) is 9.59 Å². The number of methoxy groups -OCH3 is 2. The van der Waals surface area contributed by atoms with Crippen molar-refractivity contribution in [3.05, 3.63) is 41.5 Å². The van der Waals surface area contributed by atoms with Gasteiger partial charge in [0.25, 0.3) is 11.8 Å². The first-order valence-corrected chi connectivity index (χ1v) is 10.1. The molecule has 2 aromatic rings. The Morgan fingerprint density at radius 1 is 1.19 bits per heavy atom. The average molecular weight is 428 g/mol. The minimum atomic E-state index is -0.252. The fraction of sp³-hybridized carbons (Fsp3) is 0.455. The summed E-state index contributed by atoms with van der Waals surface area (Å²) in [6.07, 6.45) is 3.14. The van der Waals surface area contributed by atoms with Crippen LogP contribution in [0.4, 0.5) is 0 Å². The van der Waals surface area contributed by atoms with E-state index in [1.54, 1.807) is 44.1 Å². The van der Waals surface area contributed by atoms with Crippen LogP contribution in [-0.4, -0.2) is 73.0 Å². The molecular formula is C22H28N4O5. The highest BCUT2D eigenvalue weighted by Crippen LogP contribution is 2.37. The van der Waals surface area contributed by atoms with Crippen LogP contribution >= 0.6 is 0 Å². The van der Waals surface area contributed by atoms with Crippen LogP contribution in [0.3, 0.4) is 0 Å². The molecule has 1 atom stereocenters. The molecule has 2 heterocycles. The predicted molar refractivity (Wildman–Crippen MR) is 114 cm³/mol. The zero-order valence-electron chi connectivity index (χ0n) is 18.5. The second-order valence-electron chi connectivity index (χ2n) is 7.45. The SMILES string of the molecule is COc1cccc(OC)c1OCC(=O)N1CCC[C@H]1c1ncc(C(=O)N(C)C)c(C)n1. The summed E-state index contributed by atoms with van der Waals surface area (Å²) in [5.74, 6) is 1.58. The van der Waals surface area contributed by atoms with Crippen LogP contribution < -0.4 is 14.2 Å². The number of nitrogens with zero attached hydrogens (tertiary/aromatic N) is 4. The van der Waals surface area contributed by atoms with Gasteiger partial charge in [-0.15, -0.1) is 0 Å². The number of rotatable bonds is 7. The minimum Gasteiger partial charge on any atom is -0.493 e. The van der Waals surface area contributed by atoms with Crippen molar-refractivity contribution in [2.75, 3.05) is 41.5 Å². The molecule has 1 aliphatic rings. The zero-order valence-corrected chi connectivity index (χ0v) is 18.5. The van der Waals surface area contributed by atoms with E-state index >= 15 is 0 Å². The van der Waals surface area contributed by atoms with Gasteiger partial charge in [0.15, 0.2) is 23.9 Å². The molecule has 166 valence electrons. The molecule has 1 aromatic heterocycles. The van der Waals surface area contributed by atoms with E-state index in [-0.39, 0.29) is 24.5 Å². The molecule has 1 aromatic carbocycles. The van der Waals surface area contributed by atoms with Crippen LogP contribution in [0.5, 0.6) is 17.2 Å². The lowest BCUT2D eigenvalue weighted by Gasteiger charge is -2.24.